The average molecular weight is 254 g/mol. The maximum atomic E-state index is 11.5. The molecule has 0 bridgehead atoms. The Morgan fingerprint density at radius 1 is 1.33 bits per heavy atom. The Balaban J connectivity index is 2.24. The highest BCUT2D eigenvalue weighted by atomic mass is 35.5. The molecule has 3 nitrogen and oxygen atoms in total. The summed E-state index contributed by atoms with van der Waals surface area (Å²) in [5.41, 5.74) is 0.277. The van der Waals surface area contributed by atoms with Gasteiger partial charge in [-0.05, 0) is 37.5 Å². The molecule has 1 saturated carbocycles. The van der Waals surface area contributed by atoms with E-state index < -0.39 is 10.0 Å². The van der Waals surface area contributed by atoms with Crippen LogP contribution in [0.4, 0.5) is 0 Å². The van der Waals surface area contributed by atoms with E-state index in [1.165, 1.54) is 0 Å². The molecule has 90 valence electrons. The summed E-state index contributed by atoms with van der Waals surface area (Å²) in [6.07, 6.45) is 4.80. The Labute approximate surface area is 97.6 Å². The van der Waals surface area contributed by atoms with Crippen LogP contribution in [0.3, 0.4) is 0 Å². The second-order valence-electron chi connectivity index (χ2n) is 4.39. The van der Waals surface area contributed by atoms with Gasteiger partial charge in [0.2, 0.25) is 10.0 Å². The molecule has 5 heteroatoms. The fourth-order valence-electron chi connectivity index (χ4n) is 1.55. The SMILES string of the molecule is CCC1(CNS(=O)(=O)CCCCCl)CC1. The zero-order chi connectivity index (χ0) is 11.4. The molecular weight excluding hydrogens is 234 g/mol. The van der Waals surface area contributed by atoms with Crippen LogP contribution in [0.1, 0.15) is 39.0 Å². The number of nitrogens with one attached hydrogen (secondary N) is 1. The maximum absolute atomic E-state index is 11.5. The summed E-state index contributed by atoms with van der Waals surface area (Å²) in [5.74, 6) is 0.744. The fraction of sp³-hybridized carbons (Fsp3) is 1.00. The molecule has 1 aliphatic carbocycles. The normalized spacial score (nSPS) is 19.1. The van der Waals surface area contributed by atoms with Crippen molar-refractivity contribution < 1.29 is 8.42 Å². The fourth-order valence-corrected chi connectivity index (χ4v) is 3.00. The zero-order valence-electron chi connectivity index (χ0n) is 9.26. The summed E-state index contributed by atoms with van der Waals surface area (Å²) in [5, 5.41) is 0. The third-order valence-corrected chi connectivity index (χ3v) is 4.85. The van der Waals surface area contributed by atoms with Crippen molar-refractivity contribution >= 4 is 21.6 Å². The number of alkyl halides is 1. The van der Waals surface area contributed by atoms with Crippen molar-refractivity contribution in [1.29, 1.82) is 0 Å². The Hall–Kier alpha value is 0.200. The molecule has 0 unspecified atom stereocenters. The number of halogens is 1. The van der Waals surface area contributed by atoms with Crippen molar-refractivity contribution in [2.75, 3.05) is 18.2 Å². The van der Waals surface area contributed by atoms with E-state index in [1.807, 2.05) is 0 Å². The molecule has 0 saturated heterocycles. The van der Waals surface area contributed by atoms with Crippen LogP contribution in [0.2, 0.25) is 0 Å². The molecule has 15 heavy (non-hydrogen) atoms. The van der Waals surface area contributed by atoms with Gasteiger partial charge in [-0.1, -0.05) is 6.92 Å². The number of rotatable bonds is 8. The third kappa shape index (κ3) is 4.70. The first-order valence-corrected chi connectivity index (χ1v) is 7.76. The topological polar surface area (TPSA) is 46.2 Å². The molecule has 0 radical (unpaired) electrons. The maximum Gasteiger partial charge on any atom is 0.211 e. The Kier molecular flexibility index (Phi) is 4.87. The van der Waals surface area contributed by atoms with Gasteiger partial charge in [0, 0.05) is 12.4 Å². The second kappa shape index (κ2) is 5.51. The van der Waals surface area contributed by atoms with Crippen molar-refractivity contribution in [3.63, 3.8) is 0 Å². The summed E-state index contributed by atoms with van der Waals surface area (Å²) in [7, 11) is -3.07. The van der Waals surface area contributed by atoms with Gasteiger partial charge in [-0.25, -0.2) is 13.1 Å². The van der Waals surface area contributed by atoms with Crippen LogP contribution < -0.4 is 4.72 Å². The number of unbranched alkanes of at least 4 members (excludes halogenated alkanes) is 1. The number of hydrogen-bond acceptors (Lipinski definition) is 2. The lowest BCUT2D eigenvalue weighted by atomic mass is 10.1. The first kappa shape index (κ1) is 13.3. The average Bonchev–Trinajstić information content (AvgIpc) is 2.96. The summed E-state index contributed by atoms with van der Waals surface area (Å²) in [6.45, 7) is 2.74. The molecule has 0 atom stereocenters. The zero-order valence-corrected chi connectivity index (χ0v) is 10.8. The highest BCUT2D eigenvalue weighted by molar-refractivity contribution is 7.89. The van der Waals surface area contributed by atoms with Gasteiger partial charge in [0.05, 0.1) is 5.75 Å². The monoisotopic (exact) mass is 253 g/mol. The van der Waals surface area contributed by atoms with E-state index in [0.717, 1.165) is 25.7 Å². The van der Waals surface area contributed by atoms with E-state index >= 15 is 0 Å². The smallest absolute Gasteiger partial charge is 0.211 e. The van der Waals surface area contributed by atoms with Gasteiger partial charge >= 0.3 is 0 Å². The predicted molar refractivity (Wildman–Crippen MR) is 63.7 cm³/mol. The lowest BCUT2D eigenvalue weighted by Gasteiger charge is -2.13. The molecule has 0 aromatic carbocycles. The molecule has 0 amide bonds. The summed E-state index contributed by atoms with van der Waals surface area (Å²) < 4.78 is 25.8. The van der Waals surface area contributed by atoms with Gasteiger partial charge in [0.1, 0.15) is 0 Å². The Morgan fingerprint density at radius 2 is 2.00 bits per heavy atom. The second-order valence-corrected chi connectivity index (χ2v) is 6.69. The van der Waals surface area contributed by atoms with Gasteiger partial charge in [0.25, 0.3) is 0 Å². The Morgan fingerprint density at radius 3 is 2.47 bits per heavy atom. The highest BCUT2D eigenvalue weighted by Crippen LogP contribution is 2.47. The molecule has 1 N–H and O–H groups in total. The molecule has 0 spiro atoms. The minimum Gasteiger partial charge on any atom is -0.215 e. The van der Waals surface area contributed by atoms with Crippen LogP contribution in [-0.2, 0) is 10.0 Å². The highest BCUT2D eigenvalue weighted by Gasteiger charge is 2.40. The molecular formula is C10H20ClNO2S. The van der Waals surface area contributed by atoms with Crippen LogP contribution in [0.5, 0.6) is 0 Å². The van der Waals surface area contributed by atoms with E-state index in [-0.39, 0.29) is 11.2 Å². The van der Waals surface area contributed by atoms with Gasteiger partial charge in [-0.15, -0.1) is 11.6 Å². The van der Waals surface area contributed by atoms with Crippen molar-refractivity contribution in [1.82, 2.24) is 4.72 Å². The molecule has 0 heterocycles. The lowest BCUT2D eigenvalue weighted by Crippen LogP contribution is -2.32. The molecule has 0 aliphatic heterocycles. The quantitative estimate of drug-likeness (QED) is 0.532. The van der Waals surface area contributed by atoms with Gasteiger partial charge in [-0.2, -0.15) is 0 Å². The summed E-state index contributed by atoms with van der Waals surface area (Å²) in [4.78, 5) is 0. The van der Waals surface area contributed by atoms with E-state index in [1.54, 1.807) is 0 Å². The number of sulfonamides is 1. The molecule has 1 aliphatic rings. The summed E-state index contributed by atoms with van der Waals surface area (Å²) >= 11 is 5.50. The van der Waals surface area contributed by atoms with Gasteiger partial charge < -0.3 is 0 Å². The molecule has 1 fully saturated rings. The summed E-state index contributed by atoms with van der Waals surface area (Å²) in [6, 6.07) is 0. The number of hydrogen-bond donors (Lipinski definition) is 1. The van der Waals surface area contributed by atoms with Crippen LogP contribution in [0.25, 0.3) is 0 Å². The van der Waals surface area contributed by atoms with Crippen LogP contribution >= 0.6 is 11.6 Å². The standard InChI is InChI=1S/C10H20ClNO2S/c1-2-10(5-6-10)9-12-15(13,14)8-4-3-7-11/h12H,2-9H2,1H3. The van der Waals surface area contributed by atoms with E-state index in [4.69, 9.17) is 11.6 Å². The van der Waals surface area contributed by atoms with Crippen LogP contribution in [-0.4, -0.2) is 26.6 Å². The van der Waals surface area contributed by atoms with Crippen molar-refractivity contribution in [2.24, 2.45) is 5.41 Å². The van der Waals surface area contributed by atoms with Gasteiger partial charge in [-0.3, -0.25) is 0 Å². The largest absolute Gasteiger partial charge is 0.215 e. The van der Waals surface area contributed by atoms with Crippen molar-refractivity contribution in [3.05, 3.63) is 0 Å². The van der Waals surface area contributed by atoms with Crippen LogP contribution in [0.15, 0.2) is 0 Å². The first-order valence-electron chi connectivity index (χ1n) is 5.57. The lowest BCUT2D eigenvalue weighted by molar-refractivity contribution is 0.475. The van der Waals surface area contributed by atoms with Crippen molar-refractivity contribution in [3.8, 4) is 0 Å². The van der Waals surface area contributed by atoms with E-state index in [0.29, 0.717) is 18.8 Å². The van der Waals surface area contributed by atoms with E-state index in [9.17, 15) is 8.42 Å². The van der Waals surface area contributed by atoms with Crippen molar-refractivity contribution in [2.45, 2.75) is 39.0 Å². The van der Waals surface area contributed by atoms with E-state index in [2.05, 4.69) is 11.6 Å². The van der Waals surface area contributed by atoms with Gasteiger partial charge in [0.15, 0.2) is 0 Å². The molecule has 0 aromatic rings. The predicted octanol–water partition coefficient (Wildman–Crippen LogP) is 2.12. The minimum absolute atomic E-state index is 0.208. The third-order valence-electron chi connectivity index (χ3n) is 3.17. The Bertz CT molecular complexity index is 286. The minimum atomic E-state index is -3.07. The first-order chi connectivity index (χ1) is 7.04. The van der Waals surface area contributed by atoms with Crippen LogP contribution in [0, 0.1) is 5.41 Å². The molecule has 1 rings (SSSR count). The molecule has 0 aromatic heterocycles.